The highest BCUT2D eigenvalue weighted by Gasteiger charge is 2.29. The molecule has 0 unspecified atom stereocenters. The SMILES string of the molecule is COC(=O)c1c(OCc2ccc3occc3c2)nsc1S(C)(=O)=O. The molecule has 1 aromatic carbocycles. The smallest absolute Gasteiger partial charge is 0.345 e. The van der Waals surface area contributed by atoms with E-state index in [2.05, 4.69) is 9.11 Å². The first kappa shape index (κ1) is 16.5. The molecule has 0 aliphatic carbocycles. The van der Waals surface area contributed by atoms with Gasteiger partial charge in [0.1, 0.15) is 12.2 Å². The van der Waals surface area contributed by atoms with Crippen LogP contribution in [0.4, 0.5) is 0 Å². The molecule has 9 heteroatoms. The minimum Gasteiger partial charge on any atom is -0.472 e. The molecule has 24 heavy (non-hydrogen) atoms. The van der Waals surface area contributed by atoms with Crippen molar-refractivity contribution in [2.24, 2.45) is 0 Å². The van der Waals surface area contributed by atoms with E-state index in [4.69, 9.17) is 9.15 Å². The lowest BCUT2D eigenvalue weighted by Crippen LogP contribution is -2.09. The predicted molar refractivity (Wildman–Crippen MR) is 87.1 cm³/mol. The number of hydrogen-bond acceptors (Lipinski definition) is 8. The molecule has 2 aromatic heterocycles. The monoisotopic (exact) mass is 367 g/mol. The Morgan fingerprint density at radius 2 is 2.12 bits per heavy atom. The third-order valence-corrected chi connectivity index (χ3v) is 5.88. The third kappa shape index (κ3) is 3.13. The van der Waals surface area contributed by atoms with E-state index in [-0.39, 0.29) is 22.3 Å². The van der Waals surface area contributed by atoms with Crippen LogP contribution in [0.1, 0.15) is 15.9 Å². The van der Waals surface area contributed by atoms with Crippen LogP contribution >= 0.6 is 11.5 Å². The van der Waals surface area contributed by atoms with Crippen molar-refractivity contribution in [2.45, 2.75) is 10.8 Å². The summed E-state index contributed by atoms with van der Waals surface area (Å²) < 4.78 is 42.8. The van der Waals surface area contributed by atoms with Crippen molar-refractivity contribution in [2.75, 3.05) is 13.4 Å². The largest absolute Gasteiger partial charge is 0.472 e. The number of carbonyl (C=O) groups is 1. The number of benzene rings is 1. The van der Waals surface area contributed by atoms with Gasteiger partial charge in [-0.2, -0.15) is 4.37 Å². The van der Waals surface area contributed by atoms with Crippen molar-refractivity contribution in [3.05, 3.63) is 41.7 Å². The zero-order valence-corrected chi connectivity index (χ0v) is 14.4. The van der Waals surface area contributed by atoms with E-state index in [1.807, 2.05) is 18.2 Å². The molecule has 3 rings (SSSR count). The van der Waals surface area contributed by atoms with Crippen LogP contribution in [-0.2, 0) is 21.2 Å². The number of esters is 1. The second-order valence-corrected chi connectivity index (χ2v) is 7.98. The Kier molecular flexibility index (Phi) is 4.29. The molecule has 7 nitrogen and oxygen atoms in total. The van der Waals surface area contributed by atoms with Crippen molar-refractivity contribution in [1.29, 1.82) is 0 Å². The van der Waals surface area contributed by atoms with E-state index < -0.39 is 15.8 Å². The molecule has 0 aliphatic rings. The Labute approximate surface area is 141 Å². The van der Waals surface area contributed by atoms with Gasteiger partial charge >= 0.3 is 5.97 Å². The molecule has 0 saturated carbocycles. The van der Waals surface area contributed by atoms with Crippen LogP contribution < -0.4 is 4.74 Å². The second kappa shape index (κ2) is 6.25. The predicted octanol–water partition coefficient (Wildman–Crippen LogP) is 2.66. The Morgan fingerprint density at radius 3 is 2.83 bits per heavy atom. The van der Waals surface area contributed by atoms with Gasteiger partial charge in [-0.15, -0.1) is 0 Å². The minimum absolute atomic E-state index is 0.0560. The quantitative estimate of drug-likeness (QED) is 0.640. The molecular formula is C15H13NO6S2. The van der Waals surface area contributed by atoms with Gasteiger partial charge < -0.3 is 13.9 Å². The average molecular weight is 367 g/mol. The third-order valence-electron chi connectivity index (χ3n) is 3.25. The first-order valence-electron chi connectivity index (χ1n) is 6.77. The number of carbonyl (C=O) groups excluding carboxylic acids is 1. The summed E-state index contributed by atoms with van der Waals surface area (Å²) in [5.41, 5.74) is 1.41. The van der Waals surface area contributed by atoms with Crippen LogP contribution in [0, 0.1) is 0 Å². The summed E-state index contributed by atoms with van der Waals surface area (Å²) in [4.78, 5) is 11.9. The van der Waals surface area contributed by atoms with Gasteiger partial charge in [-0.05, 0) is 35.3 Å². The molecule has 0 N–H and O–H groups in total. The van der Waals surface area contributed by atoms with E-state index in [1.54, 1.807) is 12.3 Å². The number of methoxy groups -OCH3 is 1. The number of aromatic nitrogens is 1. The molecule has 0 spiro atoms. The highest BCUT2D eigenvalue weighted by Crippen LogP contribution is 2.31. The van der Waals surface area contributed by atoms with Crippen LogP contribution in [0.3, 0.4) is 0 Å². The summed E-state index contributed by atoms with van der Waals surface area (Å²) in [6.45, 7) is 0.123. The van der Waals surface area contributed by atoms with Crippen LogP contribution in [0.15, 0.2) is 39.2 Å². The van der Waals surface area contributed by atoms with Crippen molar-refractivity contribution < 1.29 is 27.1 Å². The standard InChI is InChI=1S/C15H13NO6S2/c1-20-14(17)12-13(16-23-15(12)24(2,18)19)22-8-9-3-4-11-10(7-9)5-6-21-11/h3-7H,8H2,1-2H3. The van der Waals surface area contributed by atoms with Crippen molar-refractivity contribution in [3.63, 3.8) is 0 Å². The topological polar surface area (TPSA) is 95.7 Å². The van der Waals surface area contributed by atoms with Gasteiger partial charge in [0.25, 0.3) is 0 Å². The van der Waals surface area contributed by atoms with Crippen LogP contribution in [0.5, 0.6) is 5.88 Å². The lowest BCUT2D eigenvalue weighted by molar-refractivity contribution is 0.0591. The molecule has 126 valence electrons. The van der Waals surface area contributed by atoms with E-state index >= 15 is 0 Å². The molecule has 0 fully saturated rings. The van der Waals surface area contributed by atoms with Gasteiger partial charge in [0, 0.05) is 11.6 Å². The van der Waals surface area contributed by atoms with E-state index in [0.717, 1.165) is 22.8 Å². The van der Waals surface area contributed by atoms with Gasteiger partial charge in [0.2, 0.25) is 5.88 Å². The first-order chi connectivity index (χ1) is 11.4. The molecule has 0 bridgehead atoms. The average Bonchev–Trinajstić information content (AvgIpc) is 3.17. The first-order valence-corrected chi connectivity index (χ1v) is 9.43. The Morgan fingerprint density at radius 1 is 1.33 bits per heavy atom. The fraction of sp³-hybridized carbons (Fsp3) is 0.200. The zero-order chi connectivity index (χ0) is 17.3. The summed E-state index contributed by atoms with van der Waals surface area (Å²) in [5.74, 6) is -0.857. The summed E-state index contributed by atoms with van der Waals surface area (Å²) in [7, 11) is -2.44. The second-order valence-electron chi connectivity index (χ2n) is 5.00. The summed E-state index contributed by atoms with van der Waals surface area (Å²) >= 11 is 0.687. The fourth-order valence-corrected chi connectivity index (χ4v) is 3.91. The van der Waals surface area contributed by atoms with Crippen molar-refractivity contribution in [1.82, 2.24) is 4.37 Å². The van der Waals surface area contributed by atoms with Gasteiger partial charge in [-0.1, -0.05) is 6.07 Å². The molecule has 0 amide bonds. The summed E-state index contributed by atoms with van der Waals surface area (Å²) in [5, 5.41) is 0.916. The molecular weight excluding hydrogens is 354 g/mol. The number of sulfone groups is 1. The highest BCUT2D eigenvalue weighted by molar-refractivity contribution is 7.92. The number of rotatable bonds is 5. The Balaban J connectivity index is 1.89. The van der Waals surface area contributed by atoms with Crippen molar-refractivity contribution in [3.8, 4) is 5.88 Å². The maximum atomic E-state index is 11.9. The normalized spacial score (nSPS) is 11.6. The number of furan rings is 1. The van der Waals surface area contributed by atoms with Gasteiger partial charge in [0.15, 0.2) is 19.6 Å². The van der Waals surface area contributed by atoms with Crippen LogP contribution in [0.2, 0.25) is 0 Å². The van der Waals surface area contributed by atoms with E-state index in [9.17, 15) is 13.2 Å². The Bertz CT molecular complexity index is 1000. The summed E-state index contributed by atoms with van der Waals surface area (Å²) in [6, 6.07) is 7.32. The van der Waals surface area contributed by atoms with Gasteiger partial charge in [0.05, 0.1) is 13.4 Å². The van der Waals surface area contributed by atoms with Gasteiger partial charge in [-0.25, -0.2) is 13.2 Å². The van der Waals surface area contributed by atoms with Crippen LogP contribution in [0.25, 0.3) is 11.0 Å². The lowest BCUT2D eigenvalue weighted by atomic mass is 10.2. The van der Waals surface area contributed by atoms with E-state index in [0.29, 0.717) is 11.5 Å². The minimum atomic E-state index is -3.61. The lowest BCUT2D eigenvalue weighted by Gasteiger charge is -2.06. The Hall–Kier alpha value is -2.39. The summed E-state index contributed by atoms with van der Waals surface area (Å²) in [6.07, 6.45) is 2.59. The number of fused-ring (bicyclic) bond motifs is 1. The highest BCUT2D eigenvalue weighted by atomic mass is 32.2. The zero-order valence-electron chi connectivity index (χ0n) is 12.8. The van der Waals surface area contributed by atoms with Crippen LogP contribution in [-0.4, -0.2) is 32.1 Å². The molecule has 2 heterocycles. The fourth-order valence-electron chi connectivity index (χ4n) is 2.14. The number of hydrogen-bond donors (Lipinski definition) is 0. The number of nitrogens with zero attached hydrogens (tertiary/aromatic N) is 1. The molecule has 0 aliphatic heterocycles. The van der Waals surface area contributed by atoms with Crippen molar-refractivity contribution >= 4 is 38.3 Å². The number of ether oxygens (including phenoxy) is 2. The molecule has 3 aromatic rings. The van der Waals surface area contributed by atoms with Gasteiger partial charge in [-0.3, -0.25) is 0 Å². The van der Waals surface area contributed by atoms with E-state index in [1.165, 1.54) is 7.11 Å². The molecule has 0 atom stereocenters. The molecule has 0 saturated heterocycles. The molecule has 0 radical (unpaired) electrons. The maximum absolute atomic E-state index is 11.9. The maximum Gasteiger partial charge on any atom is 0.345 e.